The molecule has 2 heterocycles. The van der Waals surface area contributed by atoms with Crippen molar-refractivity contribution in [2.45, 2.75) is 70.4 Å². The zero-order chi connectivity index (χ0) is 13.2. The molecule has 3 aliphatic rings. The van der Waals surface area contributed by atoms with Crippen molar-refractivity contribution in [2.24, 2.45) is 17.8 Å². The molecular formula is C17H32N2. The summed E-state index contributed by atoms with van der Waals surface area (Å²) in [6, 6.07) is 1.73. The Labute approximate surface area is 119 Å². The summed E-state index contributed by atoms with van der Waals surface area (Å²) in [4.78, 5) is 2.65. The van der Waals surface area contributed by atoms with Crippen LogP contribution in [-0.2, 0) is 0 Å². The van der Waals surface area contributed by atoms with Gasteiger partial charge in [-0.3, -0.25) is 0 Å². The molecule has 0 bridgehead atoms. The minimum absolute atomic E-state index is 0.844. The lowest BCUT2D eigenvalue weighted by Crippen LogP contribution is -2.50. The Morgan fingerprint density at radius 3 is 2.84 bits per heavy atom. The summed E-state index contributed by atoms with van der Waals surface area (Å²) in [7, 11) is 2.35. The number of hydrogen-bond donors (Lipinski definition) is 1. The van der Waals surface area contributed by atoms with Gasteiger partial charge in [-0.15, -0.1) is 0 Å². The lowest BCUT2D eigenvalue weighted by Gasteiger charge is -2.46. The van der Waals surface area contributed by atoms with Gasteiger partial charge < -0.3 is 10.2 Å². The Kier molecular flexibility index (Phi) is 4.48. The molecular weight excluding hydrogens is 232 g/mol. The Hall–Kier alpha value is -0.0800. The summed E-state index contributed by atoms with van der Waals surface area (Å²) < 4.78 is 0. The van der Waals surface area contributed by atoms with Crippen molar-refractivity contribution >= 4 is 0 Å². The average molecular weight is 264 g/mol. The maximum Gasteiger partial charge on any atom is 0.0100 e. The third-order valence-corrected chi connectivity index (χ3v) is 6.10. The Morgan fingerprint density at radius 1 is 1.11 bits per heavy atom. The van der Waals surface area contributed by atoms with Crippen LogP contribution in [0.5, 0.6) is 0 Å². The first-order chi connectivity index (χ1) is 9.24. The van der Waals surface area contributed by atoms with Gasteiger partial charge >= 0.3 is 0 Å². The summed E-state index contributed by atoms with van der Waals surface area (Å²) >= 11 is 0. The Balaban J connectivity index is 1.63. The zero-order valence-corrected chi connectivity index (χ0v) is 12.9. The lowest BCUT2D eigenvalue weighted by atomic mass is 9.66. The molecule has 0 amide bonds. The normalized spacial score (nSPS) is 44.8. The van der Waals surface area contributed by atoms with E-state index in [1.165, 1.54) is 64.5 Å². The summed E-state index contributed by atoms with van der Waals surface area (Å²) in [5, 5.41) is 3.82. The molecule has 2 nitrogen and oxygen atoms in total. The van der Waals surface area contributed by atoms with Gasteiger partial charge in [0.25, 0.3) is 0 Å². The molecule has 0 unspecified atom stereocenters. The van der Waals surface area contributed by atoms with E-state index in [0.717, 1.165) is 29.8 Å². The topological polar surface area (TPSA) is 15.3 Å². The maximum atomic E-state index is 3.82. The highest BCUT2D eigenvalue weighted by Crippen LogP contribution is 2.41. The van der Waals surface area contributed by atoms with E-state index < -0.39 is 0 Å². The van der Waals surface area contributed by atoms with Crippen molar-refractivity contribution in [3.8, 4) is 0 Å². The number of likely N-dealkylation sites (tertiary alicyclic amines) is 1. The first-order valence-corrected chi connectivity index (χ1v) is 8.67. The first kappa shape index (κ1) is 13.9. The summed E-state index contributed by atoms with van der Waals surface area (Å²) in [5.74, 6) is 2.91. The highest BCUT2D eigenvalue weighted by atomic mass is 15.1. The third kappa shape index (κ3) is 3.16. The van der Waals surface area contributed by atoms with Gasteiger partial charge in [0.05, 0.1) is 0 Å². The van der Waals surface area contributed by atoms with Crippen LogP contribution in [0.3, 0.4) is 0 Å². The predicted octanol–water partition coefficient (Wildman–Crippen LogP) is 3.28. The van der Waals surface area contributed by atoms with E-state index in [9.17, 15) is 0 Å². The van der Waals surface area contributed by atoms with Gasteiger partial charge in [-0.2, -0.15) is 0 Å². The molecule has 110 valence electrons. The fraction of sp³-hybridized carbons (Fsp3) is 1.00. The molecule has 2 saturated heterocycles. The fourth-order valence-corrected chi connectivity index (χ4v) is 5.08. The second-order valence-corrected chi connectivity index (χ2v) is 7.57. The second kappa shape index (κ2) is 6.13. The van der Waals surface area contributed by atoms with Crippen molar-refractivity contribution in [1.82, 2.24) is 10.2 Å². The third-order valence-electron chi connectivity index (χ3n) is 6.10. The van der Waals surface area contributed by atoms with Gasteiger partial charge in [-0.1, -0.05) is 13.3 Å². The second-order valence-electron chi connectivity index (χ2n) is 7.57. The van der Waals surface area contributed by atoms with Crippen molar-refractivity contribution in [3.63, 3.8) is 0 Å². The molecule has 0 aromatic heterocycles. The van der Waals surface area contributed by atoms with Gasteiger partial charge in [-0.25, -0.2) is 0 Å². The quantitative estimate of drug-likeness (QED) is 0.823. The summed E-state index contributed by atoms with van der Waals surface area (Å²) in [6.45, 7) is 5.08. The number of rotatable bonds is 2. The van der Waals surface area contributed by atoms with Crippen LogP contribution in [0.25, 0.3) is 0 Å². The Morgan fingerprint density at radius 2 is 2.00 bits per heavy atom. The van der Waals surface area contributed by atoms with Gasteiger partial charge in [0, 0.05) is 12.1 Å². The van der Waals surface area contributed by atoms with Crippen LogP contribution in [0, 0.1) is 17.8 Å². The van der Waals surface area contributed by atoms with Crippen molar-refractivity contribution in [2.75, 3.05) is 20.1 Å². The minimum Gasteiger partial charge on any atom is -0.314 e. The van der Waals surface area contributed by atoms with Crippen LogP contribution in [0.4, 0.5) is 0 Å². The molecule has 2 heteroatoms. The van der Waals surface area contributed by atoms with E-state index in [0.29, 0.717) is 0 Å². The van der Waals surface area contributed by atoms with Crippen LogP contribution in [-0.4, -0.2) is 37.1 Å². The van der Waals surface area contributed by atoms with Crippen LogP contribution in [0.1, 0.15) is 58.3 Å². The van der Waals surface area contributed by atoms with E-state index in [1.54, 1.807) is 0 Å². The van der Waals surface area contributed by atoms with Crippen LogP contribution in [0.15, 0.2) is 0 Å². The fourth-order valence-electron chi connectivity index (χ4n) is 5.08. The van der Waals surface area contributed by atoms with Crippen LogP contribution >= 0.6 is 0 Å². The highest BCUT2D eigenvalue weighted by Gasteiger charge is 2.38. The number of hydrogen-bond acceptors (Lipinski definition) is 2. The molecule has 1 aliphatic carbocycles. The smallest absolute Gasteiger partial charge is 0.0100 e. The van der Waals surface area contributed by atoms with Gasteiger partial charge in [0.2, 0.25) is 0 Å². The van der Waals surface area contributed by atoms with E-state index in [-0.39, 0.29) is 0 Å². The standard InChI is InChI=1S/C17H32N2/c1-13-10-14(12-15-6-3-4-9-19(15)2)16-7-5-8-18-17(16)11-13/h13-18H,3-12H2,1-2H3/t13-,14+,15+,16+,17-/m1/s1. The Bertz CT molecular complexity index is 291. The number of piperidine rings is 2. The molecule has 0 spiro atoms. The van der Waals surface area contributed by atoms with E-state index in [1.807, 2.05) is 0 Å². The van der Waals surface area contributed by atoms with Crippen LogP contribution in [0.2, 0.25) is 0 Å². The van der Waals surface area contributed by atoms with Gasteiger partial charge in [-0.05, 0) is 82.8 Å². The molecule has 1 N–H and O–H groups in total. The van der Waals surface area contributed by atoms with Crippen molar-refractivity contribution < 1.29 is 0 Å². The number of nitrogens with zero attached hydrogens (tertiary/aromatic N) is 1. The molecule has 3 rings (SSSR count). The van der Waals surface area contributed by atoms with E-state index in [2.05, 4.69) is 24.2 Å². The molecule has 2 aliphatic heterocycles. The highest BCUT2D eigenvalue weighted by molar-refractivity contribution is 4.93. The van der Waals surface area contributed by atoms with E-state index in [4.69, 9.17) is 0 Å². The largest absolute Gasteiger partial charge is 0.314 e. The van der Waals surface area contributed by atoms with Crippen molar-refractivity contribution in [1.29, 1.82) is 0 Å². The predicted molar refractivity (Wildman–Crippen MR) is 81.3 cm³/mol. The maximum absolute atomic E-state index is 3.82. The number of fused-ring (bicyclic) bond motifs is 1. The zero-order valence-electron chi connectivity index (χ0n) is 12.9. The molecule has 19 heavy (non-hydrogen) atoms. The molecule has 3 fully saturated rings. The van der Waals surface area contributed by atoms with Crippen LogP contribution < -0.4 is 5.32 Å². The van der Waals surface area contributed by atoms with E-state index >= 15 is 0 Å². The lowest BCUT2D eigenvalue weighted by molar-refractivity contribution is 0.0653. The average Bonchev–Trinajstić information content (AvgIpc) is 2.41. The molecule has 0 radical (unpaired) electrons. The monoisotopic (exact) mass is 264 g/mol. The minimum atomic E-state index is 0.844. The molecule has 1 saturated carbocycles. The first-order valence-electron chi connectivity index (χ1n) is 8.67. The van der Waals surface area contributed by atoms with Gasteiger partial charge in [0.15, 0.2) is 0 Å². The molecule has 0 aromatic rings. The van der Waals surface area contributed by atoms with Gasteiger partial charge in [0.1, 0.15) is 0 Å². The SMILES string of the molecule is C[C@@H]1C[C@@H](C[C@@H]2CCCCN2C)[C@@H]2CCCN[C@@H]2C1. The van der Waals surface area contributed by atoms with Crippen molar-refractivity contribution in [3.05, 3.63) is 0 Å². The summed E-state index contributed by atoms with van der Waals surface area (Å²) in [6.07, 6.45) is 11.6. The summed E-state index contributed by atoms with van der Waals surface area (Å²) in [5.41, 5.74) is 0. The molecule has 0 aromatic carbocycles. The number of nitrogens with one attached hydrogen (secondary N) is 1. The molecule has 5 atom stereocenters.